The maximum absolute atomic E-state index is 13.0. The number of fused-ring (bicyclic) bond motifs is 1. The number of carbonyl (C=O) groups is 1. The molecular weight excluding hydrogens is 457 g/mol. The van der Waals surface area contributed by atoms with Gasteiger partial charge in [-0.2, -0.15) is 0 Å². The van der Waals surface area contributed by atoms with Crippen molar-refractivity contribution >= 4 is 38.3 Å². The first-order chi connectivity index (χ1) is 15.2. The fraction of sp³-hybridized carbons (Fsp3) is 0.0435. The van der Waals surface area contributed by atoms with Crippen molar-refractivity contribution in [1.82, 2.24) is 5.32 Å². The first kappa shape index (κ1) is 21.7. The minimum absolute atomic E-state index is 0.109. The van der Waals surface area contributed by atoms with E-state index in [2.05, 4.69) is 5.32 Å². The second kappa shape index (κ2) is 8.57. The summed E-state index contributed by atoms with van der Waals surface area (Å²) in [6.07, 6.45) is 0. The van der Waals surface area contributed by atoms with Gasteiger partial charge < -0.3 is 9.73 Å². The van der Waals surface area contributed by atoms with Gasteiger partial charge in [-0.15, -0.1) is 0 Å². The summed E-state index contributed by atoms with van der Waals surface area (Å²) < 4.78 is 44.0. The van der Waals surface area contributed by atoms with Crippen molar-refractivity contribution in [2.24, 2.45) is 0 Å². The van der Waals surface area contributed by atoms with Crippen LogP contribution in [0.15, 0.2) is 91.8 Å². The van der Waals surface area contributed by atoms with E-state index >= 15 is 0 Å². The zero-order valence-corrected chi connectivity index (χ0v) is 17.9. The topological polar surface area (TPSA) is 93.4 Å². The molecule has 0 aliphatic heterocycles. The van der Waals surface area contributed by atoms with Crippen molar-refractivity contribution in [3.8, 4) is 0 Å². The molecule has 3 aromatic carbocycles. The first-order valence-corrected chi connectivity index (χ1v) is 11.2. The molecule has 32 heavy (non-hydrogen) atoms. The second-order valence-electron chi connectivity index (χ2n) is 6.92. The highest BCUT2D eigenvalue weighted by Gasteiger charge is 2.23. The van der Waals surface area contributed by atoms with Crippen LogP contribution in [0.2, 0.25) is 5.02 Å². The van der Waals surface area contributed by atoms with Crippen LogP contribution < -0.4 is 10.9 Å². The number of nitrogens with one attached hydrogen (secondary N) is 1. The van der Waals surface area contributed by atoms with Crippen molar-refractivity contribution in [2.45, 2.75) is 16.3 Å². The minimum Gasteiger partial charge on any atom is -0.422 e. The summed E-state index contributed by atoms with van der Waals surface area (Å²) in [6, 6.07) is 16.6. The number of hydrogen-bond donors (Lipinski definition) is 1. The molecule has 0 aliphatic rings. The Morgan fingerprint density at radius 3 is 2.34 bits per heavy atom. The minimum atomic E-state index is -4.16. The molecule has 0 atom stereocenters. The molecule has 0 saturated carbocycles. The summed E-state index contributed by atoms with van der Waals surface area (Å²) in [5.74, 6) is -0.801. The van der Waals surface area contributed by atoms with Crippen molar-refractivity contribution in [3.63, 3.8) is 0 Å². The summed E-state index contributed by atoms with van der Waals surface area (Å²) in [5, 5.41) is 3.32. The molecule has 1 amide bonds. The van der Waals surface area contributed by atoms with Gasteiger partial charge in [0.1, 0.15) is 11.4 Å². The van der Waals surface area contributed by atoms with Gasteiger partial charge in [0.05, 0.1) is 4.90 Å². The lowest BCUT2D eigenvalue weighted by Crippen LogP contribution is -2.22. The van der Waals surface area contributed by atoms with Gasteiger partial charge in [-0.25, -0.2) is 17.6 Å². The largest absolute Gasteiger partial charge is 0.422 e. The number of sulfone groups is 1. The lowest BCUT2D eigenvalue weighted by atomic mass is 10.1. The van der Waals surface area contributed by atoms with E-state index in [4.69, 9.17) is 16.0 Å². The van der Waals surface area contributed by atoms with Gasteiger partial charge in [-0.1, -0.05) is 23.7 Å². The first-order valence-electron chi connectivity index (χ1n) is 9.35. The van der Waals surface area contributed by atoms with Gasteiger partial charge in [-0.3, -0.25) is 4.79 Å². The SMILES string of the molecule is O=C(NCc1ccc(F)cc1)c1ccc2oc(=O)c(S(=O)(=O)c3ccc(Cl)cc3)cc2c1. The van der Waals surface area contributed by atoms with Gasteiger partial charge in [0, 0.05) is 22.5 Å². The lowest BCUT2D eigenvalue weighted by molar-refractivity contribution is 0.0951. The van der Waals surface area contributed by atoms with Gasteiger partial charge in [0.25, 0.3) is 5.91 Å². The third kappa shape index (κ3) is 4.42. The van der Waals surface area contributed by atoms with Gasteiger partial charge >= 0.3 is 5.63 Å². The third-order valence-electron chi connectivity index (χ3n) is 4.74. The summed E-state index contributed by atoms with van der Waals surface area (Å²) in [6.45, 7) is 0.178. The molecule has 0 unspecified atom stereocenters. The summed E-state index contributed by atoms with van der Waals surface area (Å²) in [4.78, 5) is 24.2. The van der Waals surface area contributed by atoms with E-state index in [9.17, 15) is 22.4 Å². The van der Waals surface area contributed by atoms with Crippen LogP contribution in [0.4, 0.5) is 4.39 Å². The van der Waals surface area contributed by atoms with Crippen LogP contribution in [-0.4, -0.2) is 14.3 Å². The Bertz CT molecular complexity index is 1480. The maximum Gasteiger partial charge on any atom is 0.355 e. The van der Waals surface area contributed by atoms with Crippen LogP contribution in [0.25, 0.3) is 11.0 Å². The Hall–Kier alpha value is -3.49. The van der Waals surface area contributed by atoms with Crippen molar-refractivity contribution in [2.75, 3.05) is 0 Å². The number of halogens is 2. The molecule has 0 saturated heterocycles. The van der Waals surface area contributed by atoms with Gasteiger partial charge in [0.15, 0.2) is 4.90 Å². The quantitative estimate of drug-likeness (QED) is 0.437. The van der Waals surface area contributed by atoms with E-state index in [0.717, 1.165) is 0 Å². The number of benzene rings is 3. The highest BCUT2D eigenvalue weighted by molar-refractivity contribution is 7.91. The van der Waals surface area contributed by atoms with Gasteiger partial charge in [0.2, 0.25) is 9.84 Å². The number of carbonyl (C=O) groups excluding carboxylic acids is 1. The van der Waals surface area contributed by atoms with E-state index in [1.54, 1.807) is 12.1 Å². The molecule has 1 aromatic heterocycles. The van der Waals surface area contributed by atoms with Gasteiger partial charge in [-0.05, 0) is 66.2 Å². The summed E-state index contributed by atoms with van der Waals surface area (Å²) >= 11 is 5.81. The Kier molecular flexibility index (Phi) is 5.82. The normalized spacial score (nSPS) is 11.4. The van der Waals surface area contributed by atoms with Crippen LogP contribution in [0.5, 0.6) is 0 Å². The average molecular weight is 472 g/mol. The predicted octanol–water partition coefficient (Wildman–Crippen LogP) is 4.35. The van der Waals surface area contributed by atoms with Crippen molar-refractivity contribution < 1.29 is 22.0 Å². The highest BCUT2D eigenvalue weighted by Crippen LogP contribution is 2.24. The van der Waals surface area contributed by atoms with Crippen LogP contribution >= 0.6 is 11.6 Å². The van der Waals surface area contributed by atoms with E-state index in [1.807, 2.05) is 0 Å². The molecule has 4 aromatic rings. The van der Waals surface area contributed by atoms with E-state index in [1.165, 1.54) is 60.7 Å². The van der Waals surface area contributed by atoms with E-state index in [0.29, 0.717) is 10.6 Å². The molecule has 0 aliphatic carbocycles. The zero-order chi connectivity index (χ0) is 22.9. The molecule has 1 N–H and O–H groups in total. The Morgan fingerprint density at radius 2 is 1.66 bits per heavy atom. The molecule has 6 nitrogen and oxygen atoms in total. The Labute approximate surface area is 187 Å². The molecular formula is C23H15ClFNO5S. The van der Waals surface area contributed by atoms with Crippen LogP contribution in [0.1, 0.15) is 15.9 Å². The molecule has 9 heteroatoms. The molecule has 4 rings (SSSR count). The second-order valence-corrected chi connectivity index (χ2v) is 9.27. The van der Waals surface area contributed by atoms with Crippen LogP contribution in [0.3, 0.4) is 0 Å². The summed E-state index contributed by atoms with van der Waals surface area (Å²) in [7, 11) is -4.16. The molecule has 162 valence electrons. The number of amides is 1. The molecule has 0 radical (unpaired) electrons. The van der Waals surface area contributed by atoms with Crippen molar-refractivity contribution in [3.05, 3.63) is 105 Å². The molecule has 0 spiro atoms. The van der Waals surface area contributed by atoms with E-state index < -0.39 is 26.3 Å². The van der Waals surface area contributed by atoms with Crippen molar-refractivity contribution in [1.29, 1.82) is 0 Å². The Morgan fingerprint density at radius 1 is 0.969 bits per heavy atom. The molecule has 0 fully saturated rings. The van der Waals surface area contributed by atoms with Crippen LogP contribution in [0, 0.1) is 5.82 Å². The van der Waals surface area contributed by atoms with Crippen LogP contribution in [-0.2, 0) is 16.4 Å². The highest BCUT2D eigenvalue weighted by atomic mass is 35.5. The average Bonchev–Trinajstić information content (AvgIpc) is 2.78. The lowest BCUT2D eigenvalue weighted by Gasteiger charge is -2.08. The standard InChI is InChI=1S/C23H15ClFNO5S/c24-17-4-8-19(9-5-17)32(29,30)21-12-16-11-15(3-10-20(16)31-23(21)28)22(27)26-13-14-1-6-18(25)7-2-14/h1-12H,13H2,(H,26,27). The molecule has 1 heterocycles. The zero-order valence-electron chi connectivity index (χ0n) is 16.3. The Balaban J connectivity index is 1.65. The number of rotatable bonds is 5. The third-order valence-corrected chi connectivity index (χ3v) is 6.75. The number of hydrogen-bond acceptors (Lipinski definition) is 5. The predicted molar refractivity (Wildman–Crippen MR) is 117 cm³/mol. The molecule has 0 bridgehead atoms. The maximum atomic E-state index is 13.0. The summed E-state index contributed by atoms with van der Waals surface area (Å²) in [5.41, 5.74) is 0.0762. The smallest absolute Gasteiger partial charge is 0.355 e. The van der Waals surface area contributed by atoms with E-state index in [-0.39, 0.29) is 33.8 Å². The fourth-order valence-corrected chi connectivity index (χ4v) is 4.48. The monoisotopic (exact) mass is 471 g/mol. The fourth-order valence-electron chi connectivity index (χ4n) is 3.06.